The van der Waals surface area contributed by atoms with Gasteiger partial charge in [-0.15, -0.1) is 11.3 Å². The van der Waals surface area contributed by atoms with Crippen molar-refractivity contribution >= 4 is 23.2 Å². The number of carbonyl (C=O) groups excluding carboxylic acids is 2. The minimum atomic E-state index is -4.61. The summed E-state index contributed by atoms with van der Waals surface area (Å²) in [6.45, 7) is 0.748. The van der Waals surface area contributed by atoms with Crippen LogP contribution in [0.15, 0.2) is 47.8 Å². The summed E-state index contributed by atoms with van der Waals surface area (Å²) in [5.74, 6) is -0.966. The van der Waals surface area contributed by atoms with E-state index in [1.165, 1.54) is 34.4 Å². The van der Waals surface area contributed by atoms with Gasteiger partial charge in [0.05, 0.1) is 21.7 Å². The fourth-order valence-corrected chi connectivity index (χ4v) is 4.04. The van der Waals surface area contributed by atoms with E-state index in [0.717, 1.165) is 16.6 Å². The zero-order chi connectivity index (χ0) is 21.3. The third kappa shape index (κ3) is 3.95. The maximum absolute atomic E-state index is 13.2. The average Bonchev–Trinajstić information content (AvgIpc) is 3.44. The van der Waals surface area contributed by atoms with Gasteiger partial charge >= 0.3 is 6.18 Å². The molecule has 30 heavy (non-hydrogen) atoms. The molecule has 0 bridgehead atoms. The number of carbonyl (C=O) groups is 2. The Morgan fingerprint density at radius 1 is 0.967 bits per heavy atom. The van der Waals surface area contributed by atoms with Gasteiger partial charge in [0.25, 0.3) is 11.8 Å². The van der Waals surface area contributed by atoms with Crippen molar-refractivity contribution in [2.45, 2.75) is 6.18 Å². The quantitative estimate of drug-likeness (QED) is 0.683. The Labute approximate surface area is 173 Å². The van der Waals surface area contributed by atoms with Gasteiger partial charge in [-0.05, 0) is 29.6 Å². The largest absolute Gasteiger partial charge is 0.417 e. The SMILES string of the molecule is O=C(c1cc(-c2cccs2)[nH]n1)N1CCN(C(=O)c2ccccc2C(F)(F)F)CC1. The van der Waals surface area contributed by atoms with Crippen LogP contribution in [0, 0.1) is 0 Å². The molecule has 156 valence electrons. The van der Waals surface area contributed by atoms with Crippen molar-refractivity contribution in [1.82, 2.24) is 20.0 Å². The summed E-state index contributed by atoms with van der Waals surface area (Å²) in [6.07, 6.45) is -4.61. The maximum atomic E-state index is 13.2. The first-order valence-electron chi connectivity index (χ1n) is 9.18. The van der Waals surface area contributed by atoms with Crippen LogP contribution in [0.4, 0.5) is 13.2 Å². The van der Waals surface area contributed by atoms with Crippen molar-refractivity contribution in [2.75, 3.05) is 26.2 Å². The molecular formula is C20H17F3N4O2S. The van der Waals surface area contributed by atoms with Crippen molar-refractivity contribution in [3.63, 3.8) is 0 Å². The molecule has 2 amide bonds. The number of aromatic nitrogens is 2. The molecule has 1 aliphatic rings. The summed E-state index contributed by atoms with van der Waals surface area (Å²) in [6, 6.07) is 10.2. The Morgan fingerprint density at radius 2 is 1.63 bits per heavy atom. The summed E-state index contributed by atoms with van der Waals surface area (Å²) < 4.78 is 39.6. The molecule has 0 unspecified atom stereocenters. The molecule has 2 aromatic heterocycles. The lowest BCUT2D eigenvalue weighted by molar-refractivity contribution is -0.138. The molecule has 1 N–H and O–H groups in total. The van der Waals surface area contributed by atoms with Crippen molar-refractivity contribution in [1.29, 1.82) is 0 Å². The van der Waals surface area contributed by atoms with Gasteiger partial charge in [-0.3, -0.25) is 14.7 Å². The van der Waals surface area contributed by atoms with Crippen LogP contribution in [0.25, 0.3) is 10.6 Å². The van der Waals surface area contributed by atoms with Crippen LogP contribution in [-0.2, 0) is 6.18 Å². The summed E-state index contributed by atoms with van der Waals surface area (Å²) in [5.41, 5.74) is -0.324. The maximum Gasteiger partial charge on any atom is 0.417 e. The second-order valence-electron chi connectivity index (χ2n) is 6.77. The molecule has 1 aromatic carbocycles. The molecule has 1 fully saturated rings. The molecular weight excluding hydrogens is 417 g/mol. The zero-order valence-electron chi connectivity index (χ0n) is 15.6. The fourth-order valence-electron chi connectivity index (χ4n) is 3.35. The number of aromatic amines is 1. The van der Waals surface area contributed by atoms with Gasteiger partial charge in [-0.1, -0.05) is 18.2 Å². The molecule has 3 heterocycles. The molecule has 0 atom stereocenters. The van der Waals surface area contributed by atoms with Gasteiger partial charge in [0.15, 0.2) is 5.69 Å². The Kier molecular flexibility index (Phi) is 5.33. The number of thiophene rings is 1. The summed E-state index contributed by atoms with van der Waals surface area (Å²) in [5, 5.41) is 8.83. The van der Waals surface area contributed by atoms with E-state index in [1.54, 1.807) is 11.0 Å². The molecule has 4 rings (SSSR count). The zero-order valence-corrected chi connectivity index (χ0v) is 16.5. The molecule has 10 heteroatoms. The Morgan fingerprint density at radius 3 is 2.27 bits per heavy atom. The molecule has 3 aromatic rings. The number of benzene rings is 1. The number of H-pyrrole nitrogens is 1. The molecule has 1 saturated heterocycles. The number of nitrogens with one attached hydrogen (secondary N) is 1. The smallest absolute Gasteiger partial charge is 0.335 e. The van der Waals surface area contributed by atoms with Crippen molar-refractivity contribution in [3.8, 4) is 10.6 Å². The second-order valence-corrected chi connectivity index (χ2v) is 7.72. The highest BCUT2D eigenvalue weighted by molar-refractivity contribution is 7.13. The van der Waals surface area contributed by atoms with E-state index in [-0.39, 0.29) is 43.3 Å². The van der Waals surface area contributed by atoms with E-state index in [9.17, 15) is 22.8 Å². The van der Waals surface area contributed by atoms with E-state index >= 15 is 0 Å². The normalized spacial score (nSPS) is 14.8. The molecule has 0 saturated carbocycles. The van der Waals surface area contributed by atoms with Gasteiger partial charge in [-0.2, -0.15) is 18.3 Å². The Hall–Kier alpha value is -3.14. The van der Waals surface area contributed by atoms with Crippen LogP contribution in [0.1, 0.15) is 26.4 Å². The number of hydrogen-bond acceptors (Lipinski definition) is 4. The first-order chi connectivity index (χ1) is 14.3. The van der Waals surface area contributed by atoms with Gasteiger partial charge in [0, 0.05) is 26.2 Å². The highest BCUT2D eigenvalue weighted by Crippen LogP contribution is 2.32. The molecule has 0 aliphatic carbocycles. The topological polar surface area (TPSA) is 69.3 Å². The van der Waals surface area contributed by atoms with Gasteiger partial charge < -0.3 is 9.80 Å². The van der Waals surface area contributed by atoms with E-state index < -0.39 is 17.6 Å². The number of halogens is 3. The molecule has 0 spiro atoms. The number of amides is 2. The highest BCUT2D eigenvalue weighted by atomic mass is 32.1. The van der Waals surface area contributed by atoms with Crippen LogP contribution in [0.2, 0.25) is 0 Å². The van der Waals surface area contributed by atoms with Crippen molar-refractivity contribution < 1.29 is 22.8 Å². The first-order valence-corrected chi connectivity index (χ1v) is 10.1. The lowest BCUT2D eigenvalue weighted by Crippen LogP contribution is -2.50. The van der Waals surface area contributed by atoms with Crippen LogP contribution >= 0.6 is 11.3 Å². The second kappa shape index (κ2) is 7.94. The monoisotopic (exact) mass is 434 g/mol. The minimum Gasteiger partial charge on any atom is -0.335 e. The number of hydrogen-bond donors (Lipinski definition) is 1. The van der Waals surface area contributed by atoms with Crippen molar-refractivity contribution in [3.05, 3.63) is 64.7 Å². The van der Waals surface area contributed by atoms with Crippen LogP contribution in [0.5, 0.6) is 0 Å². The summed E-state index contributed by atoms with van der Waals surface area (Å²) >= 11 is 1.52. The van der Waals surface area contributed by atoms with Crippen LogP contribution < -0.4 is 0 Å². The van der Waals surface area contributed by atoms with E-state index in [2.05, 4.69) is 10.2 Å². The predicted molar refractivity (Wildman–Crippen MR) is 105 cm³/mol. The third-order valence-corrected chi connectivity index (χ3v) is 5.80. The first kappa shape index (κ1) is 20.1. The average molecular weight is 434 g/mol. The summed E-state index contributed by atoms with van der Waals surface area (Å²) in [7, 11) is 0. The predicted octanol–water partition coefficient (Wildman–Crippen LogP) is 3.76. The minimum absolute atomic E-state index is 0.152. The van der Waals surface area contributed by atoms with Crippen LogP contribution in [-0.4, -0.2) is 58.0 Å². The number of nitrogens with zero attached hydrogens (tertiary/aromatic N) is 3. The molecule has 1 aliphatic heterocycles. The van der Waals surface area contributed by atoms with Gasteiger partial charge in [0.2, 0.25) is 0 Å². The Balaban J connectivity index is 1.42. The van der Waals surface area contributed by atoms with Crippen molar-refractivity contribution in [2.24, 2.45) is 0 Å². The van der Waals surface area contributed by atoms with E-state index in [4.69, 9.17) is 0 Å². The lowest BCUT2D eigenvalue weighted by Gasteiger charge is -2.34. The van der Waals surface area contributed by atoms with Gasteiger partial charge in [-0.25, -0.2) is 0 Å². The third-order valence-electron chi connectivity index (χ3n) is 4.90. The molecule has 6 nitrogen and oxygen atoms in total. The highest BCUT2D eigenvalue weighted by Gasteiger charge is 2.36. The summed E-state index contributed by atoms with van der Waals surface area (Å²) in [4.78, 5) is 29.2. The Bertz CT molecular complexity index is 1050. The fraction of sp³-hybridized carbons (Fsp3) is 0.250. The molecule has 0 radical (unpaired) electrons. The van der Waals surface area contributed by atoms with E-state index in [1.807, 2.05) is 17.5 Å². The number of rotatable bonds is 3. The van der Waals surface area contributed by atoms with Gasteiger partial charge in [0.1, 0.15) is 0 Å². The number of piperazine rings is 1. The van der Waals surface area contributed by atoms with E-state index in [0.29, 0.717) is 0 Å². The van der Waals surface area contributed by atoms with Crippen LogP contribution in [0.3, 0.4) is 0 Å². The number of alkyl halides is 3. The lowest BCUT2D eigenvalue weighted by atomic mass is 10.1. The standard InChI is InChI=1S/C20H17F3N4O2S/c21-20(22,23)14-5-2-1-4-13(14)18(28)26-7-9-27(10-8-26)19(29)16-12-15(24-25-16)17-6-3-11-30-17/h1-6,11-12H,7-10H2,(H,24,25).